The maximum Gasteiger partial charge on any atom is 0.356 e. The van der Waals surface area contributed by atoms with Crippen molar-refractivity contribution in [2.75, 3.05) is 12.4 Å². The molecule has 0 spiro atoms. The lowest BCUT2D eigenvalue weighted by Gasteiger charge is -2.26. The number of pyridine rings is 1. The summed E-state index contributed by atoms with van der Waals surface area (Å²) in [5, 5.41) is 7.54. The summed E-state index contributed by atoms with van der Waals surface area (Å²) in [5.74, 6) is -0.150. The smallest absolute Gasteiger partial charge is 0.356 e. The van der Waals surface area contributed by atoms with Crippen molar-refractivity contribution in [2.24, 2.45) is 7.05 Å². The number of aryl methyl sites for hydroxylation is 1. The molecule has 1 aliphatic rings. The molecule has 0 saturated heterocycles. The Labute approximate surface area is 146 Å². The summed E-state index contributed by atoms with van der Waals surface area (Å²) < 4.78 is 6.45. The van der Waals surface area contributed by atoms with Gasteiger partial charge in [-0.3, -0.25) is 9.48 Å². The molecular weight excluding hydrogens is 320 g/mol. The van der Waals surface area contributed by atoms with E-state index in [1.165, 1.54) is 7.11 Å². The fraction of sp³-hybridized carbons (Fsp3) is 0.444. The van der Waals surface area contributed by atoms with Gasteiger partial charge in [-0.25, -0.2) is 9.78 Å². The molecule has 25 heavy (non-hydrogen) atoms. The third-order valence-corrected chi connectivity index (χ3v) is 4.31. The van der Waals surface area contributed by atoms with Crippen LogP contribution in [0.1, 0.15) is 60.5 Å². The van der Waals surface area contributed by atoms with Crippen LogP contribution in [0.2, 0.25) is 0 Å². The van der Waals surface area contributed by atoms with Crippen molar-refractivity contribution >= 4 is 17.7 Å². The highest BCUT2D eigenvalue weighted by molar-refractivity contribution is 5.94. The summed E-state index contributed by atoms with van der Waals surface area (Å²) in [6.45, 7) is 6.25. The molecule has 0 aliphatic carbocycles. The van der Waals surface area contributed by atoms with Gasteiger partial charge in [-0.15, -0.1) is 0 Å². The molecule has 7 nitrogen and oxygen atoms in total. The highest BCUT2D eigenvalue weighted by Gasteiger charge is 2.37. The predicted octanol–water partition coefficient (Wildman–Crippen LogP) is 2.37. The zero-order valence-electron chi connectivity index (χ0n) is 15.1. The Morgan fingerprint density at radius 2 is 2.08 bits per heavy atom. The predicted molar refractivity (Wildman–Crippen MR) is 92.6 cm³/mol. The summed E-state index contributed by atoms with van der Waals surface area (Å²) in [7, 11) is 3.14. The van der Waals surface area contributed by atoms with Crippen LogP contribution in [0.4, 0.5) is 5.82 Å². The fourth-order valence-electron chi connectivity index (χ4n) is 3.16. The van der Waals surface area contributed by atoms with Crippen molar-refractivity contribution in [3.8, 4) is 0 Å². The first-order valence-corrected chi connectivity index (χ1v) is 8.15. The minimum atomic E-state index is -0.496. The highest BCUT2D eigenvalue weighted by atomic mass is 16.5. The Hall–Kier alpha value is -2.70. The highest BCUT2D eigenvalue weighted by Crippen LogP contribution is 2.42. The van der Waals surface area contributed by atoms with Gasteiger partial charge in [0.05, 0.1) is 12.8 Å². The van der Waals surface area contributed by atoms with Crippen molar-refractivity contribution in [3.63, 3.8) is 0 Å². The Morgan fingerprint density at radius 1 is 1.36 bits per heavy atom. The molecule has 1 aliphatic heterocycles. The van der Waals surface area contributed by atoms with Gasteiger partial charge < -0.3 is 10.1 Å². The van der Waals surface area contributed by atoms with Crippen LogP contribution in [0.3, 0.4) is 0 Å². The first-order chi connectivity index (χ1) is 11.7. The lowest BCUT2D eigenvalue weighted by Crippen LogP contribution is -2.27. The molecule has 1 atom stereocenters. The standard InChI is InChI=1S/C18H22N4O3/c1-18(2,3)15-14-10(9-13(23)20-16(14)22(4)21-15)11-7-6-8-12(19-11)17(24)25-5/h6-8,10H,9H2,1-5H3,(H,20,23)/t10-/m1/s1. The second-order valence-corrected chi connectivity index (χ2v) is 7.23. The number of hydrogen-bond donors (Lipinski definition) is 1. The molecule has 1 amide bonds. The van der Waals surface area contributed by atoms with Crippen molar-refractivity contribution in [1.82, 2.24) is 14.8 Å². The van der Waals surface area contributed by atoms with Gasteiger partial charge in [-0.2, -0.15) is 5.10 Å². The second kappa shape index (κ2) is 5.98. The van der Waals surface area contributed by atoms with E-state index >= 15 is 0 Å². The Bertz CT molecular complexity index is 848. The molecule has 0 unspecified atom stereocenters. The van der Waals surface area contributed by atoms with Gasteiger partial charge in [0.2, 0.25) is 5.91 Å². The number of hydrogen-bond acceptors (Lipinski definition) is 5. The normalized spacial score (nSPS) is 17.0. The zero-order chi connectivity index (χ0) is 18.4. The first-order valence-electron chi connectivity index (χ1n) is 8.15. The number of anilines is 1. The van der Waals surface area contributed by atoms with E-state index in [9.17, 15) is 9.59 Å². The van der Waals surface area contributed by atoms with E-state index in [0.717, 1.165) is 11.3 Å². The molecule has 2 aromatic rings. The Morgan fingerprint density at radius 3 is 2.72 bits per heavy atom. The number of aromatic nitrogens is 3. The van der Waals surface area contributed by atoms with Crippen LogP contribution in [-0.4, -0.2) is 33.8 Å². The lowest BCUT2D eigenvalue weighted by molar-refractivity contribution is -0.116. The number of fused-ring (bicyclic) bond motifs is 1. The summed E-state index contributed by atoms with van der Waals surface area (Å²) >= 11 is 0. The van der Waals surface area contributed by atoms with E-state index in [4.69, 9.17) is 4.74 Å². The zero-order valence-corrected chi connectivity index (χ0v) is 15.1. The Kier molecular flexibility index (Phi) is 4.10. The molecule has 1 N–H and O–H groups in total. The lowest BCUT2D eigenvalue weighted by atomic mass is 9.81. The number of nitrogens with zero attached hydrogens (tertiary/aromatic N) is 3. The van der Waals surface area contributed by atoms with Gasteiger partial charge in [0, 0.05) is 36.1 Å². The number of esters is 1. The largest absolute Gasteiger partial charge is 0.464 e. The van der Waals surface area contributed by atoms with Crippen LogP contribution in [-0.2, 0) is 22.0 Å². The SMILES string of the molecule is COC(=O)c1cccc([C@H]2CC(=O)Nc3c2c(C(C)(C)C)nn3C)n1. The van der Waals surface area contributed by atoms with E-state index < -0.39 is 5.97 Å². The van der Waals surface area contributed by atoms with Crippen molar-refractivity contribution in [1.29, 1.82) is 0 Å². The molecule has 0 radical (unpaired) electrons. The molecule has 132 valence electrons. The van der Waals surface area contributed by atoms with Gasteiger partial charge in [0.25, 0.3) is 0 Å². The number of methoxy groups -OCH3 is 1. The van der Waals surface area contributed by atoms with Crippen molar-refractivity contribution in [2.45, 2.75) is 38.5 Å². The molecule has 3 heterocycles. The number of carbonyl (C=O) groups is 2. The quantitative estimate of drug-likeness (QED) is 0.847. The van der Waals surface area contributed by atoms with Crippen molar-refractivity contribution in [3.05, 3.63) is 40.8 Å². The van der Waals surface area contributed by atoms with Crippen LogP contribution in [0.15, 0.2) is 18.2 Å². The van der Waals surface area contributed by atoms with Gasteiger partial charge in [-0.05, 0) is 12.1 Å². The summed E-state index contributed by atoms with van der Waals surface area (Å²) in [5.41, 5.74) is 2.58. The third-order valence-electron chi connectivity index (χ3n) is 4.31. The minimum Gasteiger partial charge on any atom is -0.464 e. The van der Waals surface area contributed by atoms with E-state index in [1.807, 2.05) is 13.1 Å². The van der Waals surface area contributed by atoms with Crippen LogP contribution in [0.25, 0.3) is 0 Å². The fourth-order valence-corrected chi connectivity index (χ4v) is 3.16. The van der Waals surface area contributed by atoms with E-state index in [-0.39, 0.29) is 29.4 Å². The maximum absolute atomic E-state index is 12.2. The van der Waals surface area contributed by atoms with Crippen LogP contribution in [0, 0.1) is 0 Å². The third kappa shape index (κ3) is 3.01. The minimum absolute atomic E-state index is 0.0915. The van der Waals surface area contributed by atoms with Gasteiger partial charge in [-0.1, -0.05) is 26.8 Å². The molecule has 7 heteroatoms. The summed E-state index contributed by atoms with van der Waals surface area (Å²) in [4.78, 5) is 28.5. The molecule has 2 aromatic heterocycles. The van der Waals surface area contributed by atoms with Crippen LogP contribution in [0.5, 0.6) is 0 Å². The molecule has 0 aromatic carbocycles. The molecule has 0 bridgehead atoms. The van der Waals surface area contributed by atoms with E-state index in [0.29, 0.717) is 11.5 Å². The topological polar surface area (TPSA) is 86.1 Å². The molecule has 0 saturated carbocycles. The Balaban J connectivity index is 2.17. The van der Waals surface area contributed by atoms with Gasteiger partial charge in [0.15, 0.2) is 0 Å². The first kappa shape index (κ1) is 17.1. The van der Waals surface area contributed by atoms with Crippen LogP contribution >= 0.6 is 0 Å². The average molecular weight is 342 g/mol. The van der Waals surface area contributed by atoms with E-state index in [1.54, 1.807) is 16.8 Å². The van der Waals surface area contributed by atoms with E-state index in [2.05, 4.69) is 36.2 Å². The molecule has 0 fully saturated rings. The number of nitrogens with one attached hydrogen (secondary N) is 1. The van der Waals surface area contributed by atoms with Gasteiger partial charge >= 0.3 is 5.97 Å². The summed E-state index contributed by atoms with van der Waals surface area (Å²) in [6, 6.07) is 5.19. The maximum atomic E-state index is 12.2. The van der Waals surface area contributed by atoms with Crippen LogP contribution < -0.4 is 5.32 Å². The van der Waals surface area contributed by atoms with Gasteiger partial charge in [0.1, 0.15) is 11.5 Å². The number of ether oxygens (including phenoxy) is 1. The average Bonchev–Trinajstić information content (AvgIpc) is 2.90. The molecule has 3 rings (SSSR count). The monoisotopic (exact) mass is 342 g/mol. The second-order valence-electron chi connectivity index (χ2n) is 7.23. The summed E-state index contributed by atoms with van der Waals surface area (Å²) in [6.07, 6.45) is 0.263. The number of carbonyl (C=O) groups excluding carboxylic acids is 2. The van der Waals surface area contributed by atoms with Crippen molar-refractivity contribution < 1.29 is 14.3 Å². The molecular formula is C18H22N4O3. The number of rotatable bonds is 2. The number of amides is 1.